The number of ether oxygens (including phenoxy) is 1. The van der Waals surface area contributed by atoms with Crippen LogP contribution in [0.25, 0.3) is 0 Å². The van der Waals surface area contributed by atoms with Crippen molar-refractivity contribution in [2.75, 3.05) is 39.4 Å². The fraction of sp³-hybridized carbons (Fsp3) is 0.929. The Hall–Kier alpha value is -0.850. The summed E-state index contributed by atoms with van der Waals surface area (Å²) in [6, 6.07) is 0.462. The maximum absolute atomic E-state index is 9.98. The van der Waals surface area contributed by atoms with Crippen LogP contribution in [0.3, 0.4) is 0 Å². The summed E-state index contributed by atoms with van der Waals surface area (Å²) in [7, 11) is 0. The Morgan fingerprint density at radius 2 is 2.00 bits per heavy atom. The van der Waals surface area contributed by atoms with Crippen molar-refractivity contribution in [1.82, 2.24) is 10.2 Å². The largest absolute Gasteiger partial charge is 0.390 e. The van der Waals surface area contributed by atoms with Crippen molar-refractivity contribution in [3.05, 3.63) is 0 Å². The summed E-state index contributed by atoms with van der Waals surface area (Å²) in [6.45, 7) is 4.28. The average molecular weight is 284 g/mol. The van der Waals surface area contributed by atoms with E-state index in [2.05, 4.69) is 15.2 Å². The molecule has 1 unspecified atom stereocenters. The number of hydrogen-bond acceptors (Lipinski definition) is 4. The number of nitrogens with two attached hydrogens (primary N) is 1. The molecule has 20 heavy (non-hydrogen) atoms. The van der Waals surface area contributed by atoms with Gasteiger partial charge < -0.3 is 20.9 Å². The Kier molecular flexibility index (Phi) is 6.56. The van der Waals surface area contributed by atoms with E-state index in [0.717, 1.165) is 26.3 Å². The van der Waals surface area contributed by atoms with Gasteiger partial charge in [-0.2, -0.15) is 0 Å². The van der Waals surface area contributed by atoms with Crippen molar-refractivity contribution in [3.63, 3.8) is 0 Å². The van der Waals surface area contributed by atoms with Crippen LogP contribution in [0.15, 0.2) is 4.99 Å². The molecule has 1 atom stereocenters. The molecule has 6 heteroatoms. The molecule has 0 spiro atoms. The predicted molar refractivity (Wildman–Crippen MR) is 79.8 cm³/mol. The summed E-state index contributed by atoms with van der Waals surface area (Å²) in [5, 5.41) is 13.2. The number of morpholine rings is 1. The van der Waals surface area contributed by atoms with Gasteiger partial charge in [0.25, 0.3) is 0 Å². The number of nitrogens with one attached hydrogen (secondary N) is 1. The highest BCUT2D eigenvalue weighted by Gasteiger charge is 2.16. The summed E-state index contributed by atoms with van der Waals surface area (Å²) in [5.41, 5.74) is 5.88. The molecule has 0 bridgehead atoms. The zero-order valence-electron chi connectivity index (χ0n) is 12.3. The van der Waals surface area contributed by atoms with Crippen molar-refractivity contribution in [2.24, 2.45) is 10.7 Å². The monoisotopic (exact) mass is 284 g/mol. The second kappa shape index (κ2) is 8.44. The molecule has 6 nitrogen and oxygen atoms in total. The maximum atomic E-state index is 9.98. The van der Waals surface area contributed by atoms with Gasteiger partial charge in [0.1, 0.15) is 0 Å². The highest BCUT2D eigenvalue weighted by Crippen LogP contribution is 2.16. The Morgan fingerprint density at radius 3 is 2.70 bits per heavy atom. The van der Waals surface area contributed by atoms with Crippen LogP contribution in [0.5, 0.6) is 0 Å². The first-order chi connectivity index (χ1) is 9.74. The minimum atomic E-state index is -0.459. The van der Waals surface area contributed by atoms with Crippen LogP contribution in [0.4, 0.5) is 0 Å². The highest BCUT2D eigenvalue weighted by atomic mass is 16.5. The third-order valence-corrected chi connectivity index (χ3v) is 4.00. The van der Waals surface area contributed by atoms with Gasteiger partial charge in [-0.05, 0) is 12.8 Å². The average Bonchev–Trinajstić information content (AvgIpc) is 2.47. The van der Waals surface area contributed by atoms with Gasteiger partial charge in [0, 0.05) is 25.7 Å². The van der Waals surface area contributed by atoms with Crippen molar-refractivity contribution < 1.29 is 9.84 Å². The SMILES string of the molecule is NC(=NCC(O)CN1CCOCC1)NC1CCCCC1. The lowest BCUT2D eigenvalue weighted by atomic mass is 9.96. The maximum Gasteiger partial charge on any atom is 0.188 e. The van der Waals surface area contributed by atoms with Gasteiger partial charge in [-0.1, -0.05) is 19.3 Å². The standard InChI is InChI=1S/C14H28N4O2/c15-14(17-12-4-2-1-3-5-12)16-10-13(19)11-18-6-8-20-9-7-18/h12-13,19H,1-11H2,(H3,15,16,17). The Labute approximate surface area is 121 Å². The molecule has 116 valence electrons. The van der Waals surface area contributed by atoms with E-state index in [1.165, 1.54) is 32.1 Å². The van der Waals surface area contributed by atoms with E-state index in [4.69, 9.17) is 10.5 Å². The Morgan fingerprint density at radius 1 is 1.30 bits per heavy atom. The minimum Gasteiger partial charge on any atom is -0.390 e. The van der Waals surface area contributed by atoms with Gasteiger partial charge in [0.2, 0.25) is 0 Å². The minimum absolute atomic E-state index is 0.364. The third kappa shape index (κ3) is 5.64. The van der Waals surface area contributed by atoms with Crippen LogP contribution in [0, 0.1) is 0 Å². The van der Waals surface area contributed by atoms with Gasteiger partial charge in [0.05, 0.1) is 25.9 Å². The number of aliphatic imine (C=N–C) groups is 1. The van der Waals surface area contributed by atoms with E-state index < -0.39 is 6.10 Å². The number of nitrogens with zero attached hydrogens (tertiary/aromatic N) is 2. The molecule has 1 aliphatic carbocycles. The molecule has 2 fully saturated rings. The van der Waals surface area contributed by atoms with E-state index in [1.54, 1.807) is 0 Å². The van der Waals surface area contributed by atoms with Crippen LogP contribution in [0.1, 0.15) is 32.1 Å². The first-order valence-electron chi connectivity index (χ1n) is 7.78. The lowest BCUT2D eigenvalue weighted by molar-refractivity contribution is 0.0165. The number of hydrogen-bond donors (Lipinski definition) is 3. The van der Waals surface area contributed by atoms with Crippen molar-refractivity contribution in [2.45, 2.75) is 44.2 Å². The first kappa shape index (κ1) is 15.5. The van der Waals surface area contributed by atoms with Crippen LogP contribution < -0.4 is 11.1 Å². The van der Waals surface area contributed by atoms with E-state index in [1.807, 2.05) is 0 Å². The molecule has 1 saturated heterocycles. The highest BCUT2D eigenvalue weighted by molar-refractivity contribution is 5.78. The van der Waals surface area contributed by atoms with Crippen molar-refractivity contribution in [3.8, 4) is 0 Å². The molecule has 4 N–H and O–H groups in total. The molecule has 0 aromatic heterocycles. The predicted octanol–water partition coefficient (Wildman–Crippen LogP) is -0.0835. The summed E-state index contributed by atoms with van der Waals surface area (Å²) in [4.78, 5) is 6.46. The van der Waals surface area contributed by atoms with Gasteiger partial charge in [0.15, 0.2) is 5.96 Å². The van der Waals surface area contributed by atoms with Crippen molar-refractivity contribution >= 4 is 5.96 Å². The molecular weight excluding hydrogens is 256 g/mol. The molecule has 0 amide bonds. The number of aliphatic hydroxyl groups excluding tert-OH is 1. The number of guanidine groups is 1. The lowest BCUT2D eigenvalue weighted by Gasteiger charge is -2.28. The zero-order chi connectivity index (χ0) is 14.2. The lowest BCUT2D eigenvalue weighted by Crippen LogP contribution is -2.43. The van der Waals surface area contributed by atoms with Gasteiger partial charge in [-0.15, -0.1) is 0 Å². The molecule has 0 aromatic carbocycles. The molecular formula is C14H28N4O2. The topological polar surface area (TPSA) is 83.1 Å². The molecule has 1 saturated carbocycles. The summed E-state index contributed by atoms with van der Waals surface area (Å²) in [5.74, 6) is 0.470. The number of aliphatic hydroxyl groups is 1. The quantitative estimate of drug-likeness (QED) is 0.486. The van der Waals surface area contributed by atoms with Gasteiger partial charge >= 0.3 is 0 Å². The summed E-state index contributed by atoms with van der Waals surface area (Å²) >= 11 is 0. The Bertz CT molecular complexity index is 300. The van der Waals surface area contributed by atoms with E-state index in [-0.39, 0.29) is 0 Å². The van der Waals surface area contributed by atoms with Crippen molar-refractivity contribution in [1.29, 1.82) is 0 Å². The summed E-state index contributed by atoms with van der Waals surface area (Å²) < 4.78 is 5.28. The van der Waals surface area contributed by atoms with Crippen LogP contribution in [-0.4, -0.2) is 67.5 Å². The van der Waals surface area contributed by atoms with Crippen LogP contribution in [-0.2, 0) is 4.74 Å². The number of β-amino-alcohol motifs (C(OH)–C–C–N with tert-alkyl or cyclic N) is 1. The molecule has 2 aliphatic rings. The molecule has 0 aromatic rings. The fourth-order valence-electron chi connectivity index (χ4n) is 2.84. The fourth-order valence-corrected chi connectivity index (χ4v) is 2.84. The first-order valence-corrected chi connectivity index (χ1v) is 7.78. The second-order valence-electron chi connectivity index (χ2n) is 5.77. The van der Waals surface area contributed by atoms with E-state index in [9.17, 15) is 5.11 Å². The number of rotatable bonds is 5. The van der Waals surface area contributed by atoms with Crippen LogP contribution in [0.2, 0.25) is 0 Å². The molecule has 0 radical (unpaired) electrons. The smallest absolute Gasteiger partial charge is 0.188 e. The zero-order valence-corrected chi connectivity index (χ0v) is 12.3. The molecule has 1 heterocycles. The Balaban J connectivity index is 1.64. The van der Waals surface area contributed by atoms with Gasteiger partial charge in [-0.3, -0.25) is 9.89 Å². The molecule has 1 aliphatic heterocycles. The normalized spacial score (nSPS) is 24.6. The van der Waals surface area contributed by atoms with Gasteiger partial charge in [-0.25, -0.2) is 0 Å². The molecule has 2 rings (SSSR count). The second-order valence-corrected chi connectivity index (χ2v) is 5.77. The van der Waals surface area contributed by atoms with Crippen LogP contribution >= 0.6 is 0 Å². The van der Waals surface area contributed by atoms with E-state index in [0.29, 0.717) is 25.1 Å². The summed E-state index contributed by atoms with van der Waals surface area (Å²) in [6.07, 6.45) is 5.75. The van der Waals surface area contributed by atoms with E-state index >= 15 is 0 Å². The third-order valence-electron chi connectivity index (χ3n) is 4.00.